The molecule has 0 atom stereocenters. The summed E-state index contributed by atoms with van der Waals surface area (Å²) in [7, 11) is 1.63. The van der Waals surface area contributed by atoms with E-state index >= 15 is 0 Å². The van der Waals surface area contributed by atoms with Crippen LogP contribution in [0.5, 0.6) is 0 Å². The van der Waals surface area contributed by atoms with Gasteiger partial charge in [-0.1, -0.05) is 30.3 Å². The molecule has 23 heavy (non-hydrogen) atoms. The largest absolute Gasteiger partial charge is 0.355 e. The van der Waals surface area contributed by atoms with Crippen LogP contribution in [-0.4, -0.2) is 18.9 Å². The van der Waals surface area contributed by atoms with Crippen LogP contribution in [0.4, 0.5) is 5.00 Å². The summed E-state index contributed by atoms with van der Waals surface area (Å²) >= 11 is 1.55. The number of benzene rings is 1. The highest BCUT2D eigenvalue weighted by Crippen LogP contribution is 2.38. The minimum atomic E-state index is -0.112. The summed E-state index contributed by atoms with van der Waals surface area (Å²) in [6.45, 7) is 0. The van der Waals surface area contributed by atoms with Gasteiger partial charge in [0.1, 0.15) is 5.00 Å². The van der Waals surface area contributed by atoms with Crippen LogP contribution in [0.1, 0.15) is 39.2 Å². The van der Waals surface area contributed by atoms with E-state index in [-0.39, 0.29) is 11.8 Å². The van der Waals surface area contributed by atoms with Gasteiger partial charge in [-0.25, -0.2) is 0 Å². The molecule has 0 fully saturated rings. The van der Waals surface area contributed by atoms with Gasteiger partial charge in [0, 0.05) is 11.9 Å². The summed E-state index contributed by atoms with van der Waals surface area (Å²) in [6, 6.07) is 9.63. The predicted molar refractivity (Wildman–Crippen MR) is 93.1 cm³/mol. The van der Waals surface area contributed by atoms with Crippen LogP contribution in [0.25, 0.3) is 0 Å². The first kappa shape index (κ1) is 15.7. The number of hydrogen-bond donors (Lipinski definition) is 2. The monoisotopic (exact) mass is 328 g/mol. The van der Waals surface area contributed by atoms with Crippen molar-refractivity contribution in [3.05, 3.63) is 51.9 Å². The summed E-state index contributed by atoms with van der Waals surface area (Å²) in [5.41, 5.74) is 2.75. The zero-order valence-corrected chi connectivity index (χ0v) is 14.0. The second-order valence-electron chi connectivity index (χ2n) is 5.70. The summed E-state index contributed by atoms with van der Waals surface area (Å²) in [6.07, 6.45) is 4.49. The maximum Gasteiger partial charge on any atom is 0.254 e. The molecule has 2 N–H and O–H groups in total. The summed E-state index contributed by atoms with van der Waals surface area (Å²) in [5, 5.41) is 6.34. The number of amides is 2. The first-order chi connectivity index (χ1) is 11.2. The van der Waals surface area contributed by atoms with E-state index < -0.39 is 0 Å². The van der Waals surface area contributed by atoms with Gasteiger partial charge in [0.15, 0.2) is 0 Å². The van der Waals surface area contributed by atoms with Crippen molar-refractivity contribution < 1.29 is 9.59 Å². The Bertz CT molecular complexity index is 722. The Morgan fingerprint density at radius 3 is 2.61 bits per heavy atom. The standard InChI is InChI=1S/C18H20N2O2S/c1-19-17(22)16-13-9-5-6-10-14(13)23-18(16)20-15(21)11-12-7-3-2-4-8-12/h2-4,7-8H,5-6,9-11H2,1H3,(H,19,22)(H,20,21). The lowest BCUT2D eigenvalue weighted by molar-refractivity contribution is -0.115. The number of carbonyl (C=O) groups is 2. The number of thiophene rings is 1. The van der Waals surface area contributed by atoms with Gasteiger partial charge in [-0.2, -0.15) is 0 Å². The molecule has 0 saturated carbocycles. The third kappa shape index (κ3) is 3.45. The van der Waals surface area contributed by atoms with Crippen molar-refractivity contribution in [2.75, 3.05) is 12.4 Å². The van der Waals surface area contributed by atoms with E-state index in [2.05, 4.69) is 10.6 Å². The lowest BCUT2D eigenvalue weighted by Crippen LogP contribution is -2.22. The molecule has 2 amide bonds. The number of carbonyl (C=O) groups excluding carboxylic acids is 2. The average Bonchev–Trinajstić information content (AvgIpc) is 2.92. The minimum Gasteiger partial charge on any atom is -0.355 e. The molecular formula is C18H20N2O2S. The Balaban J connectivity index is 1.83. The molecule has 5 heteroatoms. The maximum absolute atomic E-state index is 12.3. The molecule has 120 valence electrons. The third-order valence-electron chi connectivity index (χ3n) is 4.09. The van der Waals surface area contributed by atoms with E-state index in [1.165, 1.54) is 4.88 Å². The zero-order chi connectivity index (χ0) is 16.2. The quantitative estimate of drug-likeness (QED) is 0.906. The van der Waals surface area contributed by atoms with Gasteiger partial charge in [0.05, 0.1) is 12.0 Å². The Labute approximate surface area is 139 Å². The molecule has 1 aliphatic rings. The highest BCUT2D eigenvalue weighted by Gasteiger charge is 2.25. The van der Waals surface area contributed by atoms with Crippen LogP contribution in [0.2, 0.25) is 0 Å². The van der Waals surface area contributed by atoms with Crippen LogP contribution in [0, 0.1) is 0 Å². The van der Waals surface area contributed by atoms with E-state index in [9.17, 15) is 9.59 Å². The van der Waals surface area contributed by atoms with Gasteiger partial charge in [-0.05, 0) is 36.8 Å². The fourth-order valence-corrected chi connectivity index (χ4v) is 4.27. The van der Waals surface area contributed by atoms with Crippen LogP contribution >= 0.6 is 11.3 Å². The maximum atomic E-state index is 12.3. The molecule has 1 aromatic carbocycles. The van der Waals surface area contributed by atoms with Crippen LogP contribution in [-0.2, 0) is 24.1 Å². The van der Waals surface area contributed by atoms with E-state index in [1.54, 1.807) is 18.4 Å². The Morgan fingerprint density at radius 1 is 1.13 bits per heavy atom. The van der Waals surface area contributed by atoms with Gasteiger partial charge in [0.2, 0.25) is 5.91 Å². The second kappa shape index (κ2) is 6.96. The molecule has 3 rings (SSSR count). The molecule has 1 heterocycles. The molecule has 1 aliphatic carbocycles. The Morgan fingerprint density at radius 2 is 1.87 bits per heavy atom. The first-order valence-electron chi connectivity index (χ1n) is 7.89. The lowest BCUT2D eigenvalue weighted by Gasteiger charge is -2.12. The van der Waals surface area contributed by atoms with Crippen molar-refractivity contribution in [3.8, 4) is 0 Å². The van der Waals surface area contributed by atoms with Crippen molar-refractivity contribution in [1.82, 2.24) is 5.32 Å². The van der Waals surface area contributed by atoms with Crippen molar-refractivity contribution in [2.45, 2.75) is 32.1 Å². The Kier molecular flexibility index (Phi) is 4.76. The van der Waals surface area contributed by atoms with Crippen molar-refractivity contribution >= 4 is 28.2 Å². The summed E-state index contributed by atoms with van der Waals surface area (Å²) in [4.78, 5) is 25.8. The van der Waals surface area contributed by atoms with E-state index in [0.29, 0.717) is 17.0 Å². The number of hydrogen-bond acceptors (Lipinski definition) is 3. The predicted octanol–water partition coefficient (Wildman–Crippen LogP) is 3.17. The molecule has 0 spiro atoms. The van der Waals surface area contributed by atoms with Gasteiger partial charge in [0.25, 0.3) is 5.91 Å². The fourth-order valence-electron chi connectivity index (χ4n) is 2.97. The molecule has 0 radical (unpaired) electrons. The van der Waals surface area contributed by atoms with Crippen LogP contribution < -0.4 is 10.6 Å². The van der Waals surface area contributed by atoms with Crippen molar-refractivity contribution in [1.29, 1.82) is 0 Å². The number of aryl methyl sites for hydroxylation is 1. The highest BCUT2D eigenvalue weighted by atomic mass is 32.1. The lowest BCUT2D eigenvalue weighted by atomic mass is 9.95. The van der Waals surface area contributed by atoms with E-state index in [4.69, 9.17) is 0 Å². The number of nitrogens with one attached hydrogen (secondary N) is 2. The number of rotatable bonds is 4. The number of fused-ring (bicyclic) bond motifs is 1. The first-order valence-corrected chi connectivity index (χ1v) is 8.71. The summed E-state index contributed by atoms with van der Waals surface area (Å²) in [5.74, 6) is -0.195. The SMILES string of the molecule is CNC(=O)c1c(NC(=O)Cc2ccccc2)sc2c1CCCC2. The molecule has 0 saturated heterocycles. The molecule has 4 nitrogen and oxygen atoms in total. The van der Waals surface area contributed by atoms with E-state index in [0.717, 1.165) is 36.8 Å². The minimum absolute atomic E-state index is 0.0834. The highest BCUT2D eigenvalue weighted by molar-refractivity contribution is 7.17. The second-order valence-corrected chi connectivity index (χ2v) is 6.81. The molecule has 0 unspecified atom stereocenters. The molecule has 1 aromatic heterocycles. The van der Waals surface area contributed by atoms with E-state index in [1.807, 2.05) is 30.3 Å². The fraction of sp³-hybridized carbons (Fsp3) is 0.333. The molecular weight excluding hydrogens is 308 g/mol. The van der Waals surface area contributed by atoms with Gasteiger partial charge < -0.3 is 10.6 Å². The molecule has 0 bridgehead atoms. The number of anilines is 1. The normalized spacial score (nSPS) is 13.3. The van der Waals surface area contributed by atoms with Crippen LogP contribution in [0.15, 0.2) is 30.3 Å². The Hall–Kier alpha value is -2.14. The smallest absolute Gasteiger partial charge is 0.254 e. The molecule has 0 aliphatic heterocycles. The van der Waals surface area contributed by atoms with Crippen molar-refractivity contribution in [3.63, 3.8) is 0 Å². The van der Waals surface area contributed by atoms with Crippen LogP contribution in [0.3, 0.4) is 0 Å². The van der Waals surface area contributed by atoms with Gasteiger partial charge in [-0.15, -0.1) is 11.3 Å². The topological polar surface area (TPSA) is 58.2 Å². The summed E-state index contributed by atoms with van der Waals surface area (Å²) < 4.78 is 0. The van der Waals surface area contributed by atoms with Gasteiger partial charge >= 0.3 is 0 Å². The zero-order valence-electron chi connectivity index (χ0n) is 13.1. The average molecular weight is 328 g/mol. The van der Waals surface area contributed by atoms with Crippen molar-refractivity contribution in [2.24, 2.45) is 0 Å². The molecule has 2 aromatic rings. The van der Waals surface area contributed by atoms with Gasteiger partial charge in [-0.3, -0.25) is 9.59 Å². The third-order valence-corrected chi connectivity index (χ3v) is 5.29.